The van der Waals surface area contributed by atoms with Crippen molar-refractivity contribution in [2.24, 2.45) is 11.8 Å². The van der Waals surface area contributed by atoms with Crippen LogP contribution in [0.1, 0.15) is 36.0 Å². The third-order valence-corrected chi connectivity index (χ3v) is 3.38. The van der Waals surface area contributed by atoms with Crippen LogP contribution in [0.25, 0.3) is 0 Å². The van der Waals surface area contributed by atoms with Gasteiger partial charge in [0.15, 0.2) is 0 Å². The molecule has 1 aromatic rings. The highest BCUT2D eigenvalue weighted by atomic mass is 16.6. The zero-order chi connectivity index (χ0) is 14.5. The van der Waals surface area contributed by atoms with Crippen LogP contribution in [0.4, 0.5) is 11.4 Å². The van der Waals surface area contributed by atoms with Crippen molar-refractivity contribution >= 4 is 17.3 Å². The smallest absolute Gasteiger partial charge is 0.293 e. The number of carbonyl (C=O) groups excluding carboxylic acids is 1. The molecule has 2 rings (SSSR count). The van der Waals surface area contributed by atoms with E-state index in [2.05, 4.69) is 10.7 Å². The molecule has 1 aliphatic rings. The Morgan fingerprint density at radius 2 is 2.20 bits per heavy atom. The fourth-order valence-corrected chi connectivity index (χ4v) is 2.05. The van der Waals surface area contributed by atoms with Crippen LogP contribution in [0.15, 0.2) is 18.2 Å². The number of nitrogens with one attached hydrogen (secondary N) is 2. The summed E-state index contributed by atoms with van der Waals surface area (Å²) >= 11 is 0. The first-order valence-electron chi connectivity index (χ1n) is 6.65. The van der Waals surface area contributed by atoms with Crippen LogP contribution in [0.2, 0.25) is 0 Å². The van der Waals surface area contributed by atoms with Gasteiger partial charge >= 0.3 is 0 Å². The second-order valence-corrected chi connectivity index (χ2v) is 4.97. The van der Waals surface area contributed by atoms with E-state index in [1.807, 2.05) is 0 Å². The van der Waals surface area contributed by atoms with Gasteiger partial charge in [-0.1, -0.05) is 12.8 Å². The molecule has 1 fully saturated rings. The molecule has 0 atom stereocenters. The Balaban J connectivity index is 1.92. The van der Waals surface area contributed by atoms with Gasteiger partial charge in [-0.3, -0.25) is 20.8 Å². The minimum absolute atomic E-state index is 0.126. The molecule has 1 aromatic carbocycles. The van der Waals surface area contributed by atoms with Crippen molar-refractivity contribution in [3.8, 4) is 0 Å². The average molecular weight is 278 g/mol. The number of rotatable bonds is 7. The highest BCUT2D eigenvalue weighted by molar-refractivity contribution is 5.95. The molecule has 1 amide bonds. The number of anilines is 1. The van der Waals surface area contributed by atoms with Crippen LogP contribution in [0.5, 0.6) is 0 Å². The van der Waals surface area contributed by atoms with E-state index in [0.717, 1.165) is 18.8 Å². The Morgan fingerprint density at radius 1 is 1.45 bits per heavy atom. The van der Waals surface area contributed by atoms with Crippen molar-refractivity contribution in [3.63, 3.8) is 0 Å². The summed E-state index contributed by atoms with van der Waals surface area (Å²) in [5, 5.41) is 13.6. The summed E-state index contributed by atoms with van der Waals surface area (Å²) in [4.78, 5) is 22.1. The lowest BCUT2D eigenvalue weighted by molar-refractivity contribution is -0.384. The van der Waals surface area contributed by atoms with Gasteiger partial charge in [-0.05, 0) is 30.9 Å². The number of benzene rings is 1. The van der Waals surface area contributed by atoms with E-state index in [9.17, 15) is 14.9 Å². The van der Waals surface area contributed by atoms with Crippen molar-refractivity contribution in [1.82, 2.24) is 5.32 Å². The number of hydrazine groups is 1. The molecule has 1 saturated carbocycles. The van der Waals surface area contributed by atoms with Gasteiger partial charge in [0.05, 0.1) is 4.92 Å². The predicted octanol–water partition coefficient (Wildman–Crippen LogP) is 1.80. The van der Waals surface area contributed by atoms with Gasteiger partial charge in [-0.15, -0.1) is 0 Å². The number of carbonyl (C=O) groups is 1. The SMILES string of the molecule is NNc1cc(C(=O)NCCCC2CC2)ccc1[N+](=O)[O-]. The minimum atomic E-state index is -0.549. The van der Waals surface area contributed by atoms with E-state index in [1.54, 1.807) is 0 Å². The normalized spacial score (nSPS) is 13.8. The molecule has 0 unspecified atom stereocenters. The van der Waals surface area contributed by atoms with Gasteiger partial charge in [0.1, 0.15) is 5.69 Å². The first kappa shape index (κ1) is 14.3. The Labute approximate surface area is 116 Å². The number of nitrogen functional groups attached to an aromatic ring is 1. The van der Waals surface area contributed by atoms with Crippen LogP contribution < -0.4 is 16.6 Å². The number of nitro benzene ring substituents is 1. The first-order chi connectivity index (χ1) is 9.61. The van der Waals surface area contributed by atoms with E-state index in [0.29, 0.717) is 12.1 Å². The van der Waals surface area contributed by atoms with Crippen LogP contribution in [-0.4, -0.2) is 17.4 Å². The standard InChI is InChI=1S/C13H18N4O3/c14-16-11-8-10(5-6-12(11)17(19)20)13(18)15-7-1-2-9-3-4-9/h5-6,8-9,16H,1-4,7,14H2,(H,15,18). The molecule has 7 nitrogen and oxygen atoms in total. The molecule has 108 valence electrons. The lowest BCUT2D eigenvalue weighted by Gasteiger charge is -2.07. The van der Waals surface area contributed by atoms with Crippen molar-refractivity contribution in [1.29, 1.82) is 0 Å². The third kappa shape index (κ3) is 3.67. The minimum Gasteiger partial charge on any atom is -0.352 e. The predicted molar refractivity (Wildman–Crippen MR) is 75.2 cm³/mol. The molecular weight excluding hydrogens is 260 g/mol. The summed E-state index contributed by atoms with van der Waals surface area (Å²) in [6.07, 6.45) is 4.73. The second-order valence-electron chi connectivity index (χ2n) is 4.97. The summed E-state index contributed by atoms with van der Waals surface area (Å²) in [7, 11) is 0. The molecule has 0 saturated heterocycles. The maximum absolute atomic E-state index is 11.9. The maximum Gasteiger partial charge on any atom is 0.293 e. The summed E-state index contributed by atoms with van der Waals surface area (Å²) in [6.45, 7) is 0.623. The molecule has 0 bridgehead atoms. The Bertz CT molecular complexity index is 514. The maximum atomic E-state index is 11.9. The molecule has 0 radical (unpaired) electrons. The number of nitrogens with two attached hydrogens (primary N) is 1. The van der Waals surface area contributed by atoms with Crippen molar-refractivity contribution in [2.75, 3.05) is 12.0 Å². The van der Waals surface area contributed by atoms with Gasteiger partial charge < -0.3 is 10.7 Å². The van der Waals surface area contributed by atoms with Crippen LogP contribution in [0, 0.1) is 16.0 Å². The highest BCUT2D eigenvalue weighted by Gasteiger charge is 2.20. The first-order valence-corrected chi connectivity index (χ1v) is 6.65. The van der Waals surface area contributed by atoms with E-state index in [4.69, 9.17) is 5.84 Å². The van der Waals surface area contributed by atoms with Crippen molar-refractivity contribution in [3.05, 3.63) is 33.9 Å². The zero-order valence-electron chi connectivity index (χ0n) is 11.1. The second kappa shape index (κ2) is 6.33. The zero-order valence-corrected chi connectivity index (χ0v) is 11.1. The summed E-state index contributed by atoms with van der Waals surface area (Å²) < 4.78 is 0. The Kier molecular flexibility index (Phi) is 4.52. The monoisotopic (exact) mass is 278 g/mol. The largest absolute Gasteiger partial charge is 0.352 e. The van der Waals surface area contributed by atoms with E-state index < -0.39 is 4.92 Å². The Morgan fingerprint density at radius 3 is 2.80 bits per heavy atom. The third-order valence-electron chi connectivity index (χ3n) is 3.38. The van der Waals surface area contributed by atoms with Gasteiger partial charge in [0, 0.05) is 18.2 Å². The number of nitrogens with zero attached hydrogens (tertiary/aromatic N) is 1. The van der Waals surface area contributed by atoms with E-state index in [-0.39, 0.29) is 17.3 Å². The lowest BCUT2D eigenvalue weighted by atomic mass is 10.1. The van der Waals surface area contributed by atoms with Gasteiger partial charge in [0.2, 0.25) is 0 Å². The molecule has 20 heavy (non-hydrogen) atoms. The molecule has 4 N–H and O–H groups in total. The summed E-state index contributed by atoms with van der Waals surface area (Å²) in [5.41, 5.74) is 2.57. The van der Waals surface area contributed by atoms with Crippen molar-refractivity contribution in [2.45, 2.75) is 25.7 Å². The molecule has 1 aliphatic carbocycles. The topological polar surface area (TPSA) is 110 Å². The fraction of sp³-hybridized carbons (Fsp3) is 0.462. The van der Waals surface area contributed by atoms with Gasteiger partial charge in [0.25, 0.3) is 11.6 Å². The van der Waals surface area contributed by atoms with E-state index in [1.165, 1.54) is 31.0 Å². The quantitative estimate of drug-likeness (QED) is 0.305. The van der Waals surface area contributed by atoms with Crippen LogP contribution in [0.3, 0.4) is 0 Å². The average Bonchev–Trinajstić information content (AvgIpc) is 3.26. The fourth-order valence-electron chi connectivity index (χ4n) is 2.05. The molecule has 0 aromatic heterocycles. The number of hydrogen-bond acceptors (Lipinski definition) is 5. The highest BCUT2D eigenvalue weighted by Crippen LogP contribution is 2.33. The van der Waals surface area contributed by atoms with Crippen LogP contribution in [-0.2, 0) is 0 Å². The molecular formula is C13H18N4O3. The number of hydrogen-bond donors (Lipinski definition) is 3. The summed E-state index contributed by atoms with van der Waals surface area (Å²) in [5.74, 6) is 5.84. The lowest BCUT2D eigenvalue weighted by Crippen LogP contribution is -2.24. The summed E-state index contributed by atoms with van der Waals surface area (Å²) in [6, 6.07) is 4.08. The number of nitro groups is 1. The molecule has 0 aliphatic heterocycles. The molecule has 7 heteroatoms. The van der Waals surface area contributed by atoms with Gasteiger partial charge in [-0.2, -0.15) is 0 Å². The van der Waals surface area contributed by atoms with Crippen LogP contribution >= 0.6 is 0 Å². The molecule has 0 heterocycles. The van der Waals surface area contributed by atoms with Gasteiger partial charge in [-0.25, -0.2) is 0 Å². The van der Waals surface area contributed by atoms with Crippen molar-refractivity contribution < 1.29 is 9.72 Å². The Hall–Kier alpha value is -2.15. The van der Waals surface area contributed by atoms with E-state index >= 15 is 0 Å². The molecule has 0 spiro atoms. The number of amides is 1.